The highest BCUT2D eigenvalue weighted by atomic mass is 19.4. The molecule has 1 aromatic rings. The largest absolute Gasteiger partial charge is 0.573 e. The van der Waals surface area contributed by atoms with Gasteiger partial charge in [-0.25, -0.2) is 0 Å². The fourth-order valence-corrected chi connectivity index (χ4v) is 5.37. The molecule has 3 fully saturated rings. The van der Waals surface area contributed by atoms with Gasteiger partial charge in [-0.05, 0) is 54.9 Å². The zero-order valence-electron chi connectivity index (χ0n) is 19.8. The maximum atomic E-state index is 13.1. The van der Waals surface area contributed by atoms with Gasteiger partial charge in [0.2, 0.25) is 11.8 Å². The number of hydrogen-bond acceptors (Lipinski definition) is 6. The quantitative estimate of drug-likeness (QED) is 0.489. The molecular weight excluding hydrogens is 483 g/mol. The summed E-state index contributed by atoms with van der Waals surface area (Å²) in [6, 6.07) is 2.85. The summed E-state index contributed by atoms with van der Waals surface area (Å²) >= 11 is 0. The van der Waals surface area contributed by atoms with Crippen molar-refractivity contribution in [3.63, 3.8) is 0 Å². The molecule has 5 atom stereocenters. The van der Waals surface area contributed by atoms with Crippen LogP contribution in [0.15, 0.2) is 24.3 Å². The van der Waals surface area contributed by atoms with E-state index in [9.17, 15) is 32.3 Å². The molecule has 9 nitrogen and oxygen atoms in total. The summed E-state index contributed by atoms with van der Waals surface area (Å²) in [6.07, 6.45) is -2.99. The number of ether oxygens (including phenoxy) is 2. The van der Waals surface area contributed by atoms with Crippen LogP contribution in [0.5, 0.6) is 11.5 Å². The lowest BCUT2D eigenvalue weighted by molar-refractivity contribution is -0.274. The number of fused-ring (bicyclic) bond motifs is 1. The number of nitrogens with one attached hydrogen (secondary N) is 2. The number of halogens is 3. The highest BCUT2D eigenvalue weighted by Gasteiger charge is 2.68. The van der Waals surface area contributed by atoms with E-state index in [1.807, 2.05) is 13.8 Å². The molecule has 3 amide bonds. The first kappa shape index (κ1) is 25.8. The van der Waals surface area contributed by atoms with E-state index in [4.69, 9.17) is 4.74 Å². The third-order valence-corrected chi connectivity index (χ3v) is 7.31. The fourth-order valence-electron chi connectivity index (χ4n) is 5.37. The van der Waals surface area contributed by atoms with Gasteiger partial charge < -0.3 is 29.8 Å². The van der Waals surface area contributed by atoms with E-state index < -0.39 is 42.6 Å². The highest BCUT2D eigenvalue weighted by Crippen LogP contribution is 2.62. The number of likely N-dealkylation sites (tertiary alicyclic amines) is 1. The minimum Gasteiger partial charge on any atom is -0.484 e. The SMILES string of the molecule is CC1(C)[C@@H]2C[C@@H](C(=O)N[C@H](C=O)C[C@@H]3CCNC3=O)N(C(=O)COc3ccc(OC(F)(F)F)cc3)[C@@H]21. The molecule has 2 aliphatic heterocycles. The maximum Gasteiger partial charge on any atom is 0.573 e. The molecule has 0 radical (unpaired) electrons. The van der Waals surface area contributed by atoms with E-state index >= 15 is 0 Å². The molecule has 2 saturated heterocycles. The van der Waals surface area contributed by atoms with Crippen LogP contribution in [0.4, 0.5) is 13.2 Å². The average molecular weight is 511 g/mol. The molecule has 1 saturated carbocycles. The summed E-state index contributed by atoms with van der Waals surface area (Å²) in [5.74, 6) is -1.54. The van der Waals surface area contributed by atoms with Crippen molar-refractivity contribution in [2.75, 3.05) is 13.2 Å². The first-order valence-electron chi connectivity index (χ1n) is 11.7. The summed E-state index contributed by atoms with van der Waals surface area (Å²) in [7, 11) is 0. The molecule has 36 heavy (non-hydrogen) atoms. The second kappa shape index (κ2) is 9.62. The van der Waals surface area contributed by atoms with Crippen LogP contribution in [-0.4, -0.2) is 66.5 Å². The van der Waals surface area contributed by atoms with E-state index in [2.05, 4.69) is 15.4 Å². The minimum absolute atomic E-state index is 0.117. The van der Waals surface area contributed by atoms with Crippen molar-refractivity contribution in [2.24, 2.45) is 17.3 Å². The Morgan fingerprint density at radius 1 is 1.25 bits per heavy atom. The van der Waals surface area contributed by atoms with Gasteiger partial charge in [-0.2, -0.15) is 0 Å². The van der Waals surface area contributed by atoms with Gasteiger partial charge in [-0.15, -0.1) is 13.2 Å². The minimum atomic E-state index is -4.82. The topological polar surface area (TPSA) is 114 Å². The molecule has 1 aromatic carbocycles. The van der Waals surface area contributed by atoms with Crippen LogP contribution in [-0.2, 0) is 19.2 Å². The third kappa shape index (κ3) is 5.41. The Morgan fingerprint density at radius 2 is 1.92 bits per heavy atom. The van der Waals surface area contributed by atoms with E-state index in [1.54, 1.807) is 0 Å². The Balaban J connectivity index is 1.37. The lowest BCUT2D eigenvalue weighted by Crippen LogP contribution is -2.53. The molecule has 3 aliphatic rings. The van der Waals surface area contributed by atoms with Gasteiger partial charge in [-0.1, -0.05) is 13.8 Å². The molecule has 0 unspecified atom stereocenters. The zero-order valence-corrected chi connectivity index (χ0v) is 19.8. The third-order valence-electron chi connectivity index (χ3n) is 7.31. The number of amides is 3. The summed E-state index contributed by atoms with van der Waals surface area (Å²) in [5.41, 5.74) is -0.172. The number of rotatable bonds is 9. The summed E-state index contributed by atoms with van der Waals surface area (Å²) in [4.78, 5) is 51.1. The van der Waals surface area contributed by atoms with Gasteiger partial charge in [-0.3, -0.25) is 14.4 Å². The first-order valence-corrected chi connectivity index (χ1v) is 11.7. The van der Waals surface area contributed by atoms with Gasteiger partial charge in [0.15, 0.2) is 6.61 Å². The van der Waals surface area contributed by atoms with E-state index in [0.717, 1.165) is 12.1 Å². The van der Waals surface area contributed by atoms with Crippen molar-refractivity contribution in [3.05, 3.63) is 24.3 Å². The number of hydrogen-bond donors (Lipinski definition) is 2. The predicted molar refractivity (Wildman–Crippen MR) is 119 cm³/mol. The number of benzene rings is 1. The molecule has 4 rings (SSSR count). The van der Waals surface area contributed by atoms with E-state index in [1.165, 1.54) is 17.0 Å². The van der Waals surface area contributed by atoms with Crippen LogP contribution in [0.2, 0.25) is 0 Å². The molecule has 0 aromatic heterocycles. The number of piperidine rings is 1. The number of aldehydes is 1. The summed E-state index contributed by atoms with van der Waals surface area (Å²) in [6.45, 7) is 4.13. The normalized spacial score (nSPS) is 27.0. The molecule has 2 N–H and O–H groups in total. The zero-order chi connectivity index (χ0) is 26.3. The number of carbonyl (C=O) groups is 4. The van der Waals surface area contributed by atoms with Gasteiger partial charge in [0.1, 0.15) is 23.8 Å². The Morgan fingerprint density at radius 3 is 2.50 bits per heavy atom. The highest BCUT2D eigenvalue weighted by molar-refractivity contribution is 5.91. The van der Waals surface area contributed by atoms with Crippen molar-refractivity contribution in [3.8, 4) is 11.5 Å². The van der Waals surface area contributed by atoms with Crippen molar-refractivity contribution in [1.29, 1.82) is 0 Å². The number of alkyl halides is 3. The molecular formula is C24H28F3N3O6. The van der Waals surface area contributed by atoms with Crippen LogP contribution < -0.4 is 20.1 Å². The molecule has 0 spiro atoms. The molecule has 2 heterocycles. The van der Waals surface area contributed by atoms with Crippen LogP contribution in [0, 0.1) is 17.3 Å². The smallest absolute Gasteiger partial charge is 0.484 e. The van der Waals surface area contributed by atoms with Gasteiger partial charge in [0, 0.05) is 18.5 Å². The van der Waals surface area contributed by atoms with Crippen LogP contribution in [0.25, 0.3) is 0 Å². The van der Waals surface area contributed by atoms with E-state index in [-0.39, 0.29) is 41.4 Å². The lowest BCUT2D eigenvalue weighted by atomic mass is 9.97. The average Bonchev–Trinajstić information content (AvgIpc) is 3.16. The van der Waals surface area contributed by atoms with Crippen molar-refractivity contribution in [1.82, 2.24) is 15.5 Å². The van der Waals surface area contributed by atoms with Crippen molar-refractivity contribution in [2.45, 2.75) is 57.6 Å². The monoisotopic (exact) mass is 511 g/mol. The summed E-state index contributed by atoms with van der Waals surface area (Å²) < 4.78 is 46.2. The number of carbonyl (C=O) groups excluding carboxylic acids is 4. The Bertz CT molecular complexity index is 1030. The number of nitrogens with zero attached hydrogens (tertiary/aromatic N) is 1. The first-order chi connectivity index (χ1) is 16.9. The van der Waals surface area contributed by atoms with Crippen molar-refractivity contribution >= 4 is 24.0 Å². The lowest BCUT2D eigenvalue weighted by Gasteiger charge is -2.31. The van der Waals surface area contributed by atoms with Crippen LogP contribution >= 0.6 is 0 Å². The standard InChI is InChI=1S/C24H28F3N3O6/c1-23(2)17-10-18(22(34)29-14(11-31)9-13-7-8-28-21(13)33)30(20(17)23)19(32)12-35-15-3-5-16(6-4-15)36-24(25,26)27/h3-6,11,13-14,17-18,20H,7-10,12H2,1-2H3,(H,28,33)(H,29,34)/t13-,14-,17+,18-,20-/m0/s1. The Hall–Kier alpha value is -3.31. The van der Waals surface area contributed by atoms with Crippen molar-refractivity contribution < 1.29 is 41.8 Å². The molecule has 1 aliphatic carbocycles. The molecule has 196 valence electrons. The molecule has 0 bridgehead atoms. The van der Waals surface area contributed by atoms with Gasteiger partial charge >= 0.3 is 6.36 Å². The summed E-state index contributed by atoms with van der Waals surface area (Å²) in [5, 5.41) is 5.38. The van der Waals surface area contributed by atoms with Gasteiger partial charge in [0.25, 0.3) is 5.91 Å². The predicted octanol–water partition coefficient (Wildman–Crippen LogP) is 1.80. The fraction of sp³-hybridized carbons (Fsp3) is 0.583. The second-order valence-electron chi connectivity index (χ2n) is 10.00. The second-order valence-corrected chi connectivity index (χ2v) is 10.00. The molecule has 12 heteroatoms. The van der Waals surface area contributed by atoms with Gasteiger partial charge in [0.05, 0.1) is 6.04 Å². The van der Waals surface area contributed by atoms with Crippen LogP contribution in [0.1, 0.15) is 33.1 Å². The van der Waals surface area contributed by atoms with Crippen LogP contribution in [0.3, 0.4) is 0 Å². The Labute approximate surface area is 205 Å². The maximum absolute atomic E-state index is 13.1. The Kier molecular flexibility index (Phi) is 6.89. The van der Waals surface area contributed by atoms with E-state index in [0.29, 0.717) is 25.7 Å².